The van der Waals surface area contributed by atoms with Crippen molar-refractivity contribution >= 4 is 49.8 Å². The van der Waals surface area contributed by atoms with Crippen molar-refractivity contribution in [3.05, 3.63) is 43.6 Å². The number of anilines is 1. The van der Waals surface area contributed by atoms with E-state index in [4.69, 9.17) is 4.74 Å². The van der Waals surface area contributed by atoms with E-state index in [2.05, 4.69) is 17.2 Å². The molecule has 1 N–H and O–H groups in total. The molecule has 9 heteroatoms. The van der Waals surface area contributed by atoms with Gasteiger partial charge >= 0.3 is 5.97 Å². The van der Waals surface area contributed by atoms with Gasteiger partial charge in [0.2, 0.25) is 0 Å². The molecule has 0 saturated heterocycles. The van der Waals surface area contributed by atoms with E-state index in [-0.39, 0.29) is 18.1 Å². The van der Waals surface area contributed by atoms with E-state index in [0.29, 0.717) is 37.8 Å². The van der Waals surface area contributed by atoms with Crippen molar-refractivity contribution in [3.63, 3.8) is 0 Å². The number of nitrogens with one attached hydrogen (secondary N) is 1. The van der Waals surface area contributed by atoms with Crippen LogP contribution in [0.5, 0.6) is 0 Å². The first-order valence-electron chi connectivity index (χ1n) is 10.0. The molecule has 7 nitrogen and oxygen atoms in total. The molecular weight excluding hydrogens is 422 g/mol. The number of rotatable bonds is 8. The van der Waals surface area contributed by atoms with E-state index < -0.39 is 5.97 Å². The number of ether oxygens (including phenoxy) is 1. The molecule has 30 heavy (non-hydrogen) atoms. The predicted octanol–water partition coefficient (Wildman–Crippen LogP) is 4.62. The molecule has 0 radical (unpaired) electrons. The van der Waals surface area contributed by atoms with Gasteiger partial charge in [0.05, 0.1) is 28.8 Å². The van der Waals surface area contributed by atoms with Gasteiger partial charge in [-0.1, -0.05) is 20.3 Å². The van der Waals surface area contributed by atoms with Crippen molar-refractivity contribution in [3.8, 4) is 0 Å². The Morgan fingerprint density at radius 1 is 1.23 bits per heavy atom. The topological polar surface area (TPSA) is 90.3 Å². The van der Waals surface area contributed by atoms with Gasteiger partial charge in [-0.2, -0.15) is 0 Å². The SMILES string of the molecule is CCCCn1cnc2sc(C(=O)Nc3sc(CC)cc3C(=O)OCC)c(C)c2c1=O. The number of amides is 1. The maximum absolute atomic E-state index is 13.0. The Hall–Kier alpha value is -2.52. The fourth-order valence-electron chi connectivity index (χ4n) is 3.09. The van der Waals surface area contributed by atoms with Crippen LogP contribution < -0.4 is 10.9 Å². The summed E-state index contributed by atoms with van der Waals surface area (Å²) in [5.41, 5.74) is 0.838. The van der Waals surface area contributed by atoms with Crippen LogP contribution in [0.15, 0.2) is 17.2 Å². The number of aryl methyl sites for hydroxylation is 3. The van der Waals surface area contributed by atoms with Crippen LogP contribution in [0.3, 0.4) is 0 Å². The molecular formula is C21H25N3O4S2. The van der Waals surface area contributed by atoms with E-state index in [1.807, 2.05) is 6.92 Å². The van der Waals surface area contributed by atoms with Gasteiger partial charge in [0.1, 0.15) is 9.83 Å². The minimum absolute atomic E-state index is 0.127. The molecule has 0 aromatic carbocycles. The molecule has 0 saturated carbocycles. The van der Waals surface area contributed by atoms with Crippen molar-refractivity contribution in [1.82, 2.24) is 9.55 Å². The first-order valence-corrected chi connectivity index (χ1v) is 11.6. The largest absolute Gasteiger partial charge is 0.462 e. The molecule has 0 unspecified atom stereocenters. The summed E-state index contributed by atoms with van der Waals surface area (Å²) in [7, 11) is 0. The lowest BCUT2D eigenvalue weighted by molar-refractivity contribution is 0.0528. The Kier molecular flexibility index (Phi) is 7.04. The lowest BCUT2D eigenvalue weighted by Gasteiger charge is -2.06. The molecule has 0 atom stereocenters. The summed E-state index contributed by atoms with van der Waals surface area (Å²) >= 11 is 2.54. The minimum Gasteiger partial charge on any atom is -0.462 e. The standard InChI is InChI=1S/C21H25N3O4S2/c1-5-8-9-24-11-22-19-15(20(24)26)12(4)16(30-19)17(25)23-18-14(21(27)28-7-3)10-13(6-2)29-18/h10-11H,5-9H2,1-4H3,(H,23,25). The molecule has 0 fully saturated rings. The Labute approximate surface area is 182 Å². The summed E-state index contributed by atoms with van der Waals surface area (Å²) in [6.07, 6.45) is 4.15. The van der Waals surface area contributed by atoms with Gasteiger partial charge in [0.25, 0.3) is 11.5 Å². The molecule has 0 aliphatic carbocycles. The first-order chi connectivity index (χ1) is 14.4. The van der Waals surface area contributed by atoms with Gasteiger partial charge in [0, 0.05) is 11.4 Å². The number of thiophene rings is 2. The van der Waals surface area contributed by atoms with E-state index in [1.165, 1.54) is 22.7 Å². The lowest BCUT2D eigenvalue weighted by Crippen LogP contribution is -2.20. The van der Waals surface area contributed by atoms with Crippen LogP contribution in [0.2, 0.25) is 0 Å². The maximum atomic E-state index is 13.0. The molecule has 3 rings (SSSR count). The van der Waals surface area contributed by atoms with Gasteiger partial charge in [0.15, 0.2) is 0 Å². The first kappa shape index (κ1) is 22.2. The van der Waals surface area contributed by atoms with Crippen LogP contribution in [-0.2, 0) is 17.7 Å². The Morgan fingerprint density at radius 3 is 2.67 bits per heavy atom. The molecule has 160 valence electrons. The number of hydrogen-bond donors (Lipinski definition) is 1. The Bertz CT molecular complexity index is 1140. The number of hydrogen-bond acceptors (Lipinski definition) is 7. The zero-order valence-electron chi connectivity index (χ0n) is 17.5. The smallest absolute Gasteiger partial charge is 0.341 e. The Balaban J connectivity index is 1.95. The predicted molar refractivity (Wildman–Crippen MR) is 121 cm³/mol. The van der Waals surface area contributed by atoms with Gasteiger partial charge < -0.3 is 10.1 Å². The number of fused-ring (bicyclic) bond motifs is 1. The monoisotopic (exact) mass is 447 g/mol. The molecule has 3 aromatic rings. The molecule has 1 amide bonds. The number of unbranched alkanes of at least 4 members (excludes halogenated alkanes) is 1. The van der Waals surface area contributed by atoms with Gasteiger partial charge in [-0.15, -0.1) is 22.7 Å². The summed E-state index contributed by atoms with van der Waals surface area (Å²) in [6.45, 7) is 8.41. The van der Waals surface area contributed by atoms with Crippen LogP contribution >= 0.6 is 22.7 Å². The van der Waals surface area contributed by atoms with Crippen molar-refractivity contribution in [1.29, 1.82) is 0 Å². The van der Waals surface area contributed by atoms with Gasteiger partial charge in [-0.3, -0.25) is 14.2 Å². The molecule has 0 aliphatic heterocycles. The second-order valence-electron chi connectivity index (χ2n) is 6.82. The van der Waals surface area contributed by atoms with Crippen LogP contribution in [0.1, 0.15) is 64.1 Å². The summed E-state index contributed by atoms with van der Waals surface area (Å²) < 4.78 is 6.71. The zero-order chi connectivity index (χ0) is 21.8. The highest BCUT2D eigenvalue weighted by atomic mass is 32.1. The van der Waals surface area contributed by atoms with Crippen molar-refractivity contribution < 1.29 is 14.3 Å². The quantitative estimate of drug-likeness (QED) is 0.509. The highest BCUT2D eigenvalue weighted by Gasteiger charge is 2.23. The third-order valence-corrected chi connectivity index (χ3v) is 7.12. The van der Waals surface area contributed by atoms with Crippen molar-refractivity contribution in [2.75, 3.05) is 11.9 Å². The maximum Gasteiger partial charge on any atom is 0.341 e. The second-order valence-corrected chi connectivity index (χ2v) is 8.95. The van der Waals surface area contributed by atoms with Gasteiger partial charge in [-0.05, 0) is 38.3 Å². The fraction of sp³-hybridized carbons (Fsp3) is 0.429. The molecule has 0 spiro atoms. The molecule has 0 aliphatic rings. The van der Waals surface area contributed by atoms with Gasteiger partial charge in [-0.25, -0.2) is 9.78 Å². The highest BCUT2D eigenvalue weighted by Crippen LogP contribution is 2.32. The average Bonchev–Trinajstić information content (AvgIpc) is 3.29. The summed E-state index contributed by atoms with van der Waals surface area (Å²) in [5, 5.41) is 3.78. The number of carbonyl (C=O) groups excluding carboxylic acids is 2. The summed E-state index contributed by atoms with van der Waals surface area (Å²) in [6, 6.07) is 1.75. The van der Waals surface area contributed by atoms with Crippen LogP contribution in [0.25, 0.3) is 10.2 Å². The minimum atomic E-state index is -0.461. The third-order valence-electron chi connectivity index (χ3n) is 4.73. The molecule has 3 heterocycles. The highest BCUT2D eigenvalue weighted by molar-refractivity contribution is 7.21. The molecule has 3 aromatic heterocycles. The van der Waals surface area contributed by atoms with Crippen LogP contribution in [0, 0.1) is 6.92 Å². The average molecular weight is 448 g/mol. The van der Waals surface area contributed by atoms with E-state index >= 15 is 0 Å². The summed E-state index contributed by atoms with van der Waals surface area (Å²) in [5.74, 6) is -0.817. The third kappa shape index (κ3) is 4.32. The number of nitrogens with zero attached hydrogens (tertiary/aromatic N) is 2. The van der Waals surface area contributed by atoms with Crippen molar-refractivity contribution in [2.45, 2.75) is 53.5 Å². The van der Waals surface area contributed by atoms with Crippen LogP contribution in [-0.4, -0.2) is 28.0 Å². The normalized spacial score (nSPS) is 11.1. The van der Waals surface area contributed by atoms with E-state index in [0.717, 1.165) is 24.1 Å². The number of carbonyl (C=O) groups is 2. The number of aromatic nitrogens is 2. The zero-order valence-corrected chi connectivity index (χ0v) is 19.2. The summed E-state index contributed by atoms with van der Waals surface area (Å²) in [4.78, 5) is 44.5. The Morgan fingerprint density at radius 2 is 2.00 bits per heavy atom. The number of esters is 1. The second kappa shape index (κ2) is 9.53. The van der Waals surface area contributed by atoms with E-state index in [1.54, 1.807) is 30.8 Å². The lowest BCUT2D eigenvalue weighted by atomic mass is 10.2. The fourth-order valence-corrected chi connectivity index (χ4v) is 5.11. The van der Waals surface area contributed by atoms with E-state index in [9.17, 15) is 14.4 Å². The van der Waals surface area contributed by atoms with Crippen LogP contribution in [0.4, 0.5) is 5.00 Å². The van der Waals surface area contributed by atoms with Crippen molar-refractivity contribution in [2.24, 2.45) is 0 Å². The molecule has 0 bridgehead atoms.